The van der Waals surface area contributed by atoms with Gasteiger partial charge >= 0.3 is 0 Å². The number of hydrogen-bond acceptors (Lipinski definition) is 3. The summed E-state index contributed by atoms with van der Waals surface area (Å²) in [6, 6.07) is 4.65. The molecule has 2 rings (SSSR count). The topological polar surface area (TPSA) is 27.0 Å². The Morgan fingerprint density at radius 2 is 2.19 bits per heavy atom. The molecule has 2 nitrogen and oxygen atoms in total. The van der Waals surface area contributed by atoms with Crippen LogP contribution >= 0.6 is 11.3 Å². The Morgan fingerprint density at radius 1 is 1.44 bits per heavy atom. The molecular weight excluding hydrogens is 216 g/mol. The zero-order chi connectivity index (χ0) is 11.4. The van der Waals surface area contributed by atoms with E-state index in [1.807, 2.05) is 0 Å². The first-order valence-corrected chi connectivity index (χ1v) is 6.86. The van der Waals surface area contributed by atoms with E-state index in [2.05, 4.69) is 34.7 Å². The second kappa shape index (κ2) is 4.99. The van der Waals surface area contributed by atoms with Crippen LogP contribution in [0.15, 0.2) is 16.8 Å². The average molecular weight is 234 g/mol. The van der Waals surface area contributed by atoms with E-state index in [0.29, 0.717) is 0 Å². The summed E-state index contributed by atoms with van der Waals surface area (Å²) in [7, 11) is 0. The van der Waals surface area contributed by atoms with Crippen molar-refractivity contribution >= 4 is 11.3 Å². The molecule has 0 saturated carbocycles. The van der Waals surface area contributed by atoms with Gasteiger partial charge in [-0.05, 0) is 55.2 Å². The number of piperidine rings is 1. The van der Waals surface area contributed by atoms with Crippen LogP contribution in [-0.2, 0) is 6.42 Å². The molecule has 1 atom stereocenters. The minimum atomic E-state index is -0.318. The van der Waals surface area contributed by atoms with Crippen LogP contribution in [0, 0.1) is 11.3 Å². The van der Waals surface area contributed by atoms with Gasteiger partial charge in [0, 0.05) is 6.42 Å². The van der Waals surface area contributed by atoms with Crippen molar-refractivity contribution in [2.24, 2.45) is 0 Å². The van der Waals surface area contributed by atoms with Crippen LogP contribution in [0.2, 0.25) is 0 Å². The summed E-state index contributed by atoms with van der Waals surface area (Å²) >= 11 is 1.71. The predicted molar refractivity (Wildman–Crippen MR) is 67.5 cm³/mol. The Morgan fingerprint density at radius 3 is 2.75 bits per heavy atom. The molecule has 1 aromatic heterocycles. The van der Waals surface area contributed by atoms with Crippen LogP contribution in [-0.4, -0.2) is 23.5 Å². The lowest BCUT2D eigenvalue weighted by atomic mass is 9.91. The normalized spacial score (nSPS) is 21.2. The monoisotopic (exact) mass is 234 g/mol. The minimum Gasteiger partial charge on any atom is -0.285 e. The molecule has 1 aliphatic heterocycles. The highest BCUT2D eigenvalue weighted by Gasteiger charge is 2.32. The number of nitriles is 1. The maximum Gasteiger partial charge on any atom is 0.110 e. The van der Waals surface area contributed by atoms with Gasteiger partial charge in [0.1, 0.15) is 5.54 Å². The van der Waals surface area contributed by atoms with Crippen LogP contribution in [0.3, 0.4) is 0 Å². The maximum atomic E-state index is 9.45. The summed E-state index contributed by atoms with van der Waals surface area (Å²) in [5.41, 5.74) is 0.973. The first-order valence-electron chi connectivity index (χ1n) is 5.92. The molecule has 0 N–H and O–H groups in total. The third kappa shape index (κ3) is 2.45. The Hall–Kier alpha value is -0.850. The van der Waals surface area contributed by atoms with Gasteiger partial charge in [-0.1, -0.05) is 6.42 Å². The second-order valence-corrected chi connectivity index (χ2v) is 5.52. The molecule has 1 aliphatic rings. The second-order valence-electron chi connectivity index (χ2n) is 4.74. The summed E-state index contributed by atoms with van der Waals surface area (Å²) in [4.78, 5) is 2.36. The van der Waals surface area contributed by atoms with E-state index in [4.69, 9.17) is 0 Å². The molecule has 1 saturated heterocycles. The van der Waals surface area contributed by atoms with Crippen LogP contribution in [0.1, 0.15) is 31.7 Å². The molecule has 0 spiro atoms. The van der Waals surface area contributed by atoms with Crippen molar-refractivity contribution in [3.8, 4) is 6.07 Å². The van der Waals surface area contributed by atoms with Gasteiger partial charge in [0.05, 0.1) is 6.07 Å². The fraction of sp³-hybridized carbons (Fsp3) is 0.615. The Kier molecular flexibility index (Phi) is 3.63. The Bertz CT molecular complexity index is 360. The number of nitrogens with zero attached hydrogens (tertiary/aromatic N) is 2. The van der Waals surface area contributed by atoms with Crippen molar-refractivity contribution in [3.05, 3.63) is 22.4 Å². The maximum absolute atomic E-state index is 9.45. The van der Waals surface area contributed by atoms with E-state index >= 15 is 0 Å². The van der Waals surface area contributed by atoms with E-state index in [1.165, 1.54) is 24.8 Å². The Balaban J connectivity index is 2.09. The highest BCUT2D eigenvalue weighted by atomic mass is 32.1. The molecule has 0 amide bonds. The van der Waals surface area contributed by atoms with E-state index in [-0.39, 0.29) is 5.54 Å². The van der Waals surface area contributed by atoms with E-state index in [1.54, 1.807) is 11.3 Å². The molecule has 3 heteroatoms. The third-order valence-corrected chi connectivity index (χ3v) is 4.16. The lowest BCUT2D eigenvalue weighted by Crippen LogP contribution is -2.49. The van der Waals surface area contributed by atoms with E-state index in [9.17, 15) is 5.26 Å². The van der Waals surface area contributed by atoms with Crippen LogP contribution in [0.4, 0.5) is 0 Å². The van der Waals surface area contributed by atoms with Gasteiger partial charge in [-0.25, -0.2) is 0 Å². The summed E-state index contributed by atoms with van der Waals surface area (Å²) in [5.74, 6) is 0. The molecule has 0 bridgehead atoms. The molecule has 1 unspecified atom stereocenters. The molecule has 16 heavy (non-hydrogen) atoms. The highest BCUT2D eigenvalue weighted by Crippen LogP contribution is 2.25. The van der Waals surface area contributed by atoms with Gasteiger partial charge in [-0.15, -0.1) is 0 Å². The summed E-state index contributed by atoms with van der Waals surface area (Å²) < 4.78 is 0. The molecule has 0 aliphatic carbocycles. The van der Waals surface area contributed by atoms with Crippen molar-refractivity contribution < 1.29 is 0 Å². The standard InChI is InChI=1S/C13H18N2S/c1-13(11-14,9-12-5-8-16-10-12)15-6-3-2-4-7-15/h5,8,10H,2-4,6-7,9H2,1H3. The van der Waals surface area contributed by atoms with Gasteiger partial charge in [0.15, 0.2) is 0 Å². The lowest BCUT2D eigenvalue weighted by Gasteiger charge is -2.38. The van der Waals surface area contributed by atoms with E-state index < -0.39 is 0 Å². The fourth-order valence-corrected chi connectivity index (χ4v) is 3.07. The molecule has 2 heterocycles. The molecular formula is C13H18N2S. The number of hydrogen-bond donors (Lipinski definition) is 0. The number of rotatable bonds is 3. The summed E-state index contributed by atoms with van der Waals surface area (Å²) in [6.45, 7) is 4.23. The lowest BCUT2D eigenvalue weighted by molar-refractivity contribution is 0.124. The molecule has 86 valence electrons. The predicted octanol–water partition coefficient (Wildman–Crippen LogP) is 3.06. The minimum absolute atomic E-state index is 0.318. The van der Waals surface area contributed by atoms with Gasteiger partial charge in [0.25, 0.3) is 0 Å². The van der Waals surface area contributed by atoms with Crippen molar-refractivity contribution in [2.75, 3.05) is 13.1 Å². The average Bonchev–Trinajstić information content (AvgIpc) is 2.83. The largest absolute Gasteiger partial charge is 0.285 e. The SMILES string of the molecule is CC(C#N)(Cc1ccsc1)N1CCCCC1. The first-order chi connectivity index (χ1) is 7.74. The molecule has 0 radical (unpaired) electrons. The van der Waals surface area contributed by atoms with Crippen molar-refractivity contribution in [3.63, 3.8) is 0 Å². The molecule has 1 fully saturated rings. The number of thiophene rings is 1. The van der Waals surface area contributed by atoms with E-state index in [0.717, 1.165) is 19.5 Å². The third-order valence-electron chi connectivity index (χ3n) is 3.42. The van der Waals surface area contributed by atoms with Gasteiger partial charge in [-0.2, -0.15) is 16.6 Å². The summed E-state index contributed by atoms with van der Waals surface area (Å²) in [5, 5.41) is 13.7. The van der Waals surface area contributed by atoms with Gasteiger partial charge in [0.2, 0.25) is 0 Å². The van der Waals surface area contributed by atoms with Crippen molar-refractivity contribution in [1.29, 1.82) is 5.26 Å². The fourth-order valence-electron chi connectivity index (χ4n) is 2.40. The highest BCUT2D eigenvalue weighted by molar-refractivity contribution is 7.07. The first kappa shape index (κ1) is 11.6. The molecule has 1 aromatic rings. The van der Waals surface area contributed by atoms with Crippen LogP contribution < -0.4 is 0 Å². The molecule has 0 aromatic carbocycles. The zero-order valence-corrected chi connectivity index (χ0v) is 10.6. The Labute approximate surface area is 102 Å². The van der Waals surface area contributed by atoms with Gasteiger partial charge < -0.3 is 0 Å². The summed E-state index contributed by atoms with van der Waals surface area (Å²) in [6.07, 6.45) is 4.64. The zero-order valence-electron chi connectivity index (χ0n) is 9.78. The van der Waals surface area contributed by atoms with Crippen LogP contribution in [0.5, 0.6) is 0 Å². The van der Waals surface area contributed by atoms with Crippen molar-refractivity contribution in [2.45, 2.75) is 38.1 Å². The smallest absolute Gasteiger partial charge is 0.110 e. The van der Waals surface area contributed by atoms with Crippen LogP contribution in [0.25, 0.3) is 0 Å². The van der Waals surface area contributed by atoms with Gasteiger partial charge in [-0.3, -0.25) is 4.90 Å². The number of likely N-dealkylation sites (tertiary alicyclic amines) is 1. The quantitative estimate of drug-likeness (QED) is 0.803. The van der Waals surface area contributed by atoms with Crippen molar-refractivity contribution in [1.82, 2.24) is 4.90 Å².